The van der Waals surface area contributed by atoms with Crippen molar-refractivity contribution in [3.8, 4) is 6.07 Å². The number of amides is 2. The second-order valence-corrected chi connectivity index (χ2v) is 6.46. The molecule has 0 radical (unpaired) electrons. The highest BCUT2D eigenvalue weighted by molar-refractivity contribution is 5.75. The maximum atomic E-state index is 12.4. The van der Waals surface area contributed by atoms with E-state index in [4.69, 9.17) is 5.26 Å². The number of carbonyl (C=O) groups is 1. The quantitative estimate of drug-likeness (QED) is 0.899. The first kappa shape index (κ1) is 16.9. The number of aryl methyl sites for hydroxylation is 1. The van der Waals surface area contributed by atoms with Gasteiger partial charge in [0.1, 0.15) is 6.07 Å². The molecule has 0 saturated heterocycles. The van der Waals surface area contributed by atoms with Crippen LogP contribution >= 0.6 is 0 Å². The summed E-state index contributed by atoms with van der Waals surface area (Å²) >= 11 is 0. The van der Waals surface area contributed by atoms with Crippen molar-refractivity contribution < 1.29 is 4.79 Å². The molecule has 0 unspecified atom stereocenters. The van der Waals surface area contributed by atoms with E-state index in [0.29, 0.717) is 12.2 Å². The Hall–Kier alpha value is -2.94. The van der Waals surface area contributed by atoms with E-state index in [-0.39, 0.29) is 11.9 Å². The van der Waals surface area contributed by atoms with Gasteiger partial charge in [0.15, 0.2) is 0 Å². The van der Waals surface area contributed by atoms with Crippen LogP contribution in [0.4, 0.5) is 4.79 Å². The van der Waals surface area contributed by atoms with E-state index in [0.717, 1.165) is 31.2 Å². The summed E-state index contributed by atoms with van der Waals surface area (Å²) in [5.41, 5.74) is 2.43. The number of aromatic nitrogens is 2. The highest BCUT2D eigenvalue weighted by atomic mass is 16.2. The van der Waals surface area contributed by atoms with E-state index < -0.39 is 5.54 Å². The van der Waals surface area contributed by atoms with Gasteiger partial charge in [0.25, 0.3) is 0 Å². The number of benzene rings is 1. The topological polar surface area (TPSA) is 90.7 Å². The van der Waals surface area contributed by atoms with Gasteiger partial charge < -0.3 is 10.6 Å². The number of carbonyl (C=O) groups excluding carboxylic acids is 1. The molecule has 1 saturated carbocycles. The predicted octanol–water partition coefficient (Wildman–Crippen LogP) is 2.93. The third-order valence-corrected chi connectivity index (χ3v) is 4.63. The number of rotatable bonds is 4. The molecule has 1 heterocycles. The molecular weight excluding hydrogens is 314 g/mol. The SMILES string of the molecule is Cc1ccc(CNC(=O)NC2(c3ccnc(C#N)n3)CCCC2)cc1. The summed E-state index contributed by atoms with van der Waals surface area (Å²) in [5.74, 6) is 0.130. The van der Waals surface area contributed by atoms with E-state index >= 15 is 0 Å². The lowest BCUT2D eigenvalue weighted by atomic mass is 9.93. The highest BCUT2D eigenvalue weighted by Crippen LogP contribution is 2.37. The normalized spacial score (nSPS) is 15.4. The molecule has 1 fully saturated rings. The summed E-state index contributed by atoms with van der Waals surface area (Å²) < 4.78 is 0. The smallest absolute Gasteiger partial charge is 0.315 e. The van der Waals surface area contributed by atoms with Crippen molar-refractivity contribution >= 4 is 6.03 Å². The van der Waals surface area contributed by atoms with Crippen LogP contribution in [0.5, 0.6) is 0 Å². The van der Waals surface area contributed by atoms with Gasteiger partial charge in [-0.15, -0.1) is 0 Å². The summed E-state index contributed by atoms with van der Waals surface area (Å²) in [6.45, 7) is 2.50. The fourth-order valence-corrected chi connectivity index (χ4v) is 3.25. The van der Waals surface area contributed by atoms with Crippen molar-refractivity contribution in [2.24, 2.45) is 0 Å². The molecule has 1 aromatic carbocycles. The van der Waals surface area contributed by atoms with Crippen LogP contribution in [-0.4, -0.2) is 16.0 Å². The molecule has 1 aliphatic rings. The highest BCUT2D eigenvalue weighted by Gasteiger charge is 2.38. The largest absolute Gasteiger partial charge is 0.334 e. The first-order chi connectivity index (χ1) is 12.1. The van der Waals surface area contributed by atoms with Crippen molar-refractivity contribution in [1.82, 2.24) is 20.6 Å². The molecule has 6 heteroatoms. The fraction of sp³-hybridized carbons (Fsp3) is 0.368. The standard InChI is InChI=1S/C19H21N5O/c1-14-4-6-15(7-5-14)13-22-18(25)24-19(9-2-3-10-19)16-8-11-21-17(12-20)23-16/h4-8,11H,2-3,9-10,13H2,1H3,(H2,22,24,25). The minimum atomic E-state index is -0.522. The van der Waals surface area contributed by atoms with Crippen LogP contribution in [-0.2, 0) is 12.1 Å². The lowest BCUT2D eigenvalue weighted by molar-refractivity contribution is 0.223. The van der Waals surface area contributed by atoms with Crippen LogP contribution in [0.1, 0.15) is 48.3 Å². The van der Waals surface area contributed by atoms with E-state index in [1.165, 1.54) is 5.56 Å². The second kappa shape index (κ2) is 7.31. The molecule has 2 aromatic rings. The number of hydrogen-bond donors (Lipinski definition) is 2. The molecule has 6 nitrogen and oxygen atoms in total. The Labute approximate surface area is 147 Å². The molecule has 0 aliphatic heterocycles. The first-order valence-corrected chi connectivity index (χ1v) is 8.46. The van der Waals surface area contributed by atoms with Crippen LogP contribution in [0.15, 0.2) is 36.5 Å². The Morgan fingerprint density at radius 1 is 1.24 bits per heavy atom. The summed E-state index contributed by atoms with van der Waals surface area (Å²) in [6.07, 6.45) is 5.24. The summed E-state index contributed by atoms with van der Waals surface area (Å²) in [4.78, 5) is 20.7. The molecule has 0 atom stereocenters. The Kier molecular flexibility index (Phi) is 4.94. The van der Waals surface area contributed by atoms with Gasteiger partial charge in [-0.05, 0) is 31.4 Å². The number of nitriles is 1. The van der Waals surface area contributed by atoms with Crippen molar-refractivity contribution in [3.63, 3.8) is 0 Å². The molecule has 2 N–H and O–H groups in total. The van der Waals surface area contributed by atoms with E-state index in [1.54, 1.807) is 12.3 Å². The molecule has 0 spiro atoms. The maximum Gasteiger partial charge on any atom is 0.315 e. The van der Waals surface area contributed by atoms with Gasteiger partial charge in [0.2, 0.25) is 5.82 Å². The number of nitrogens with zero attached hydrogens (tertiary/aromatic N) is 3. The molecule has 0 bridgehead atoms. The molecule has 3 rings (SSSR count). The van der Waals surface area contributed by atoms with Crippen LogP contribution in [0.2, 0.25) is 0 Å². The monoisotopic (exact) mass is 335 g/mol. The van der Waals surface area contributed by atoms with Gasteiger partial charge in [-0.2, -0.15) is 5.26 Å². The maximum absolute atomic E-state index is 12.4. The fourth-order valence-electron chi connectivity index (χ4n) is 3.25. The zero-order valence-electron chi connectivity index (χ0n) is 14.2. The van der Waals surface area contributed by atoms with Gasteiger partial charge in [-0.25, -0.2) is 14.8 Å². The van der Waals surface area contributed by atoms with Crippen LogP contribution in [0, 0.1) is 18.3 Å². The van der Waals surface area contributed by atoms with E-state index in [9.17, 15) is 4.79 Å². The molecule has 1 aromatic heterocycles. The van der Waals surface area contributed by atoms with Gasteiger partial charge in [-0.1, -0.05) is 42.7 Å². The van der Waals surface area contributed by atoms with Crippen molar-refractivity contribution in [3.05, 3.63) is 59.2 Å². The van der Waals surface area contributed by atoms with E-state index in [1.807, 2.05) is 37.3 Å². The Bertz CT molecular complexity index is 788. The molecular formula is C19H21N5O. The minimum absolute atomic E-state index is 0.130. The lowest BCUT2D eigenvalue weighted by Gasteiger charge is -2.29. The molecule has 1 aliphatic carbocycles. The minimum Gasteiger partial charge on any atom is -0.334 e. The van der Waals surface area contributed by atoms with Crippen molar-refractivity contribution in [1.29, 1.82) is 5.26 Å². The first-order valence-electron chi connectivity index (χ1n) is 8.46. The van der Waals surface area contributed by atoms with Crippen molar-refractivity contribution in [2.75, 3.05) is 0 Å². The predicted molar refractivity (Wildman–Crippen MR) is 93.4 cm³/mol. The zero-order valence-corrected chi connectivity index (χ0v) is 14.2. The molecule has 128 valence electrons. The molecule has 25 heavy (non-hydrogen) atoms. The number of hydrogen-bond acceptors (Lipinski definition) is 4. The lowest BCUT2D eigenvalue weighted by Crippen LogP contribution is -2.48. The summed E-state index contributed by atoms with van der Waals surface area (Å²) in [6, 6.07) is 11.6. The Morgan fingerprint density at radius 2 is 1.96 bits per heavy atom. The van der Waals surface area contributed by atoms with Crippen LogP contribution in [0.25, 0.3) is 0 Å². The van der Waals surface area contributed by atoms with Gasteiger partial charge in [-0.3, -0.25) is 0 Å². The molecule has 2 amide bonds. The Morgan fingerprint density at radius 3 is 2.64 bits per heavy atom. The summed E-state index contributed by atoms with van der Waals surface area (Å²) in [5, 5.41) is 15.0. The second-order valence-electron chi connectivity index (χ2n) is 6.46. The van der Waals surface area contributed by atoms with Crippen LogP contribution in [0.3, 0.4) is 0 Å². The average molecular weight is 335 g/mol. The van der Waals surface area contributed by atoms with E-state index in [2.05, 4.69) is 20.6 Å². The van der Waals surface area contributed by atoms with Crippen molar-refractivity contribution in [2.45, 2.75) is 44.7 Å². The van der Waals surface area contributed by atoms with Gasteiger partial charge >= 0.3 is 6.03 Å². The number of nitrogens with one attached hydrogen (secondary N) is 2. The zero-order chi connectivity index (χ0) is 17.7. The van der Waals surface area contributed by atoms with Crippen LogP contribution < -0.4 is 10.6 Å². The van der Waals surface area contributed by atoms with Gasteiger partial charge in [0, 0.05) is 12.7 Å². The summed E-state index contributed by atoms with van der Waals surface area (Å²) in [7, 11) is 0. The third kappa shape index (κ3) is 3.94. The van der Waals surface area contributed by atoms with Gasteiger partial charge in [0.05, 0.1) is 11.2 Å². The number of urea groups is 1. The third-order valence-electron chi connectivity index (χ3n) is 4.63. The Balaban J connectivity index is 1.70. The average Bonchev–Trinajstić information content (AvgIpc) is 3.11.